The van der Waals surface area contributed by atoms with Crippen LogP contribution in [-0.2, 0) is 24.0 Å². The van der Waals surface area contributed by atoms with E-state index in [-0.39, 0.29) is 12.8 Å². The van der Waals surface area contributed by atoms with E-state index in [4.69, 9.17) is 22.3 Å². The van der Waals surface area contributed by atoms with Gasteiger partial charge in [-0.05, 0) is 24.9 Å². The Bertz CT molecular complexity index is 544. The molecule has 0 aromatic heterocycles. The van der Waals surface area contributed by atoms with E-state index in [9.17, 15) is 24.0 Å². The van der Waals surface area contributed by atoms with Gasteiger partial charge >= 0.3 is 5.97 Å². The second-order valence-electron chi connectivity index (χ2n) is 5.52. The largest absolute Gasteiger partial charge is 0.480 e. The quantitative estimate of drug-likeness (QED) is 0.193. The number of rotatable bonds is 13. The van der Waals surface area contributed by atoms with Crippen LogP contribution >= 0.6 is 11.8 Å². The van der Waals surface area contributed by atoms with Crippen LogP contribution < -0.4 is 27.8 Å². The summed E-state index contributed by atoms with van der Waals surface area (Å²) in [4.78, 5) is 57.4. The number of hydrogen-bond acceptors (Lipinski definition) is 7. The zero-order valence-electron chi connectivity index (χ0n) is 14.4. The molecule has 11 nitrogen and oxygen atoms in total. The number of hydrogen-bond donors (Lipinski definition) is 6. The van der Waals surface area contributed by atoms with Gasteiger partial charge in [0.1, 0.15) is 12.1 Å². The normalized spacial score (nSPS) is 13.9. The highest BCUT2D eigenvalue weighted by Crippen LogP contribution is 2.03. The molecule has 4 amide bonds. The summed E-state index contributed by atoms with van der Waals surface area (Å²) in [5.74, 6) is -3.95. The lowest BCUT2D eigenvalue weighted by atomic mass is 10.1. The summed E-state index contributed by atoms with van der Waals surface area (Å²) in [6.45, 7) is 0. The highest BCUT2D eigenvalue weighted by Gasteiger charge is 2.29. The molecule has 148 valence electrons. The van der Waals surface area contributed by atoms with Gasteiger partial charge in [0.05, 0.1) is 12.5 Å². The fourth-order valence-corrected chi connectivity index (χ4v) is 2.37. The van der Waals surface area contributed by atoms with Crippen molar-refractivity contribution in [1.29, 1.82) is 0 Å². The van der Waals surface area contributed by atoms with Gasteiger partial charge in [-0.3, -0.25) is 19.2 Å². The van der Waals surface area contributed by atoms with Crippen LogP contribution in [0.25, 0.3) is 0 Å². The molecule has 0 aliphatic rings. The number of carbonyl (C=O) groups excluding carboxylic acids is 4. The first-order valence-electron chi connectivity index (χ1n) is 7.73. The van der Waals surface area contributed by atoms with Crippen LogP contribution in [0.15, 0.2) is 0 Å². The molecule has 9 N–H and O–H groups in total. The molecular weight excluding hydrogens is 366 g/mol. The highest BCUT2D eigenvalue weighted by molar-refractivity contribution is 7.98. The number of carbonyl (C=O) groups is 5. The van der Waals surface area contributed by atoms with Crippen molar-refractivity contribution in [3.63, 3.8) is 0 Å². The first-order chi connectivity index (χ1) is 12.1. The summed E-state index contributed by atoms with van der Waals surface area (Å²) >= 11 is 1.49. The van der Waals surface area contributed by atoms with Gasteiger partial charge in [-0.2, -0.15) is 11.8 Å². The van der Waals surface area contributed by atoms with Crippen molar-refractivity contribution in [2.24, 2.45) is 17.2 Å². The molecule has 0 bridgehead atoms. The number of aliphatic carboxylic acids is 1. The Morgan fingerprint density at radius 2 is 1.54 bits per heavy atom. The summed E-state index contributed by atoms with van der Waals surface area (Å²) in [6, 6.07) is -3.68. The first-order valence-corrected chi connectivity index (χ1v) is 9.12. The van der Waals surface area contributed by atoms with Gasteiger partial charge in [0.2, 0.25) is 23.6 Å². The second kappa shape index (κ2) is 12.1. The zero-order valence-corrected chi connectivity index (χ0v) is 15.2. The van der Waals surface area contributed by atoms with E-state index >= 15 is 0 Å². The summed E-state index contributed by atoms with van der Waals surface area (Å²) in [6.07, 6.45) is 1.17. The van der Waals surface area contributed by atoms with Gasteiger partial charge in [-0.25, -0.2) is 4.79 Å². The van der Waals surface area contributed by atoms with Gasteiger partial charge < -0.3 is 32.9 Å². The SMILES string of the molecule is CSCCC(N)C(=O)NC(CC(N)=O)C(=O)NC(CCC(N)=O)C(=O)O. The van der Waals surface area contributed by atoms with Crippen LogP contribution in [0, 0.1) is 0 Å². The average molecular weight is 391 g/mol. The smallest absolute Gasteiger partial charge is 0.326 e. The second-order valence-corrected chi connectivity index (χ2v) is 6.51. The molecule has 26 heavy (non-hydrogen) atoms. The lowest BCUT2D eigenvalue weighted by Crippen LogP contribution is -2.55. The molecule has 12 heteroatoms. The number of nitrogens with two attached hydrogens (primary N) is 3. The molecular formula is C14H25N5O6S. The molecule has 0 saturated heterocycles. The van der Waals surface area contributed by atoms with Crippen molar-refractivity contribution in [1.82, 2.24) is 10.6 Å². The van der Waals surface area contributed by atoms with E-state index in [1.807, 2.05) is 6.26 Å². The molecule has 0 heterocycles. The molecule has 0 saturated carbocycles. The Kier molecular flexibility index (Phi) is 11.0. The Balaban J connectivity index is 5.00. The lowest BCUT2D eigenvalue weighted by Gasteiger charge is -2.22. The summed E-state index contributed by atoms with van der Waals surface area (Å²) in [5, 5.41) is 13.5. The van der Waals surface area contributed by atoms with Crippen molar-refractivity contribution in [2.45, 2.75) is 43.8 Å². The van der Waals surface area contributed by atoms with E-state index in [1.54, 1.807) is 0 Å². The Labute approximate surface area is 154 Å². The number of thioether (sulfide) groups is 1. The predicted molar refractivity (Wildman–Crippen MR) is 94.7 cm³/mol. The molecule has 0 spiro atoms. The molecule has 0 aromatic rings. The topological polar surface area (TPSA) is 208 Å². The Hall–Kier alpha value is -2.34. The number of primary amides is 2. The van der Waals surface area contributed by atoms with Gasteiger partial charge in [0.15, 0.2) is 0 Å². The van der Waals surface area contributed by atoms with E-state index in [0.717, 1.165) is 0 Å². The minimum absolute atomic E-state index is 0.235. The molecule has 0 aliphatic heterocycles. The van der Waals surface area contributed by atoms with Gasteiger partial charge in [-0.1, -0.05) is 0 Å². The number of carboxylic acid groups (broad SMARTS) is 1. The number of amides is 4. The van der Waals surface area contributed by atoms with Crippen LogP contribution in [0.5, 0.6) is 0 Å². The monoisotopic (exact) mass is 391 g/mol. The van der Waals surface area contributed by atoms with Crippen LogP contribution in [0.4, 0.5) is 0 Å². The van der Waals surface area contributed by atoms with Crippen molar-refractivity contribution >= 4 is 41.4 Å². The first kappa shape index (κ1) is 23.7. The van der Waals surface area contributed by atoms with Crippen LogP contribution in [0.1, 0.15) is 25.7 Å². The molecule has 0 rings (SSSR count). The summed E-state index contributed by atoms with van der Waals surface area (Å²) in [5.41, 5.74) is 15.7. The Morgan fingerprint density at radius 1 is 0.962 bits per heavy atom. The third-order valence-electron chi connectivity index (χ3n) is 3.30. The minimum atomic E-state index is -1.41. The van der Waals surface area contributed by atoms with Crippen LogP contribution in [-0.4, -0.2) is 64.8 Å². The highest BCUT2D eigenvalue weighted by atomic mass is 32.2. The van der Waals surface area contributed by atoms with Crippen molar-refractivity contribution in [3.05, 3.63) is 0 Å². The van der Waals surface area contributed by atoms with Crippen LogP contribution in [0.2, 0.25) is 0 Å². The van der Waals surface area contributed by atoms with E-state index in [2.05, 4.69) is 10.6 Å². The van der Waals surface area contributed by atoms with Crippen molar-refractivity contribution in [2.75, 3.05) is 12.0 Å². The molecule has 3 unspecified atom stereocenters. The fraction of sp³-hybridized carbons (Fsp3) is 0.643. The standard InChI is InChI=1S/C14H25N5O6S/c1-26-5-4-7(15)12(22)19-9(6-11(17)21)13(23)18-8(14(24)25)2-3-10(16)20/h7-9H,2-6,15H2,1H3,(H2,16,20)(H2,17,21)(H,18,23)(H,19,22)(H,24,25). The maximum absolute atomic E-state index is 12.3. The number of carboxylic acids is 1. The fourth-order valence-electron chi connectivity index (χ4n) is 1.88. The van der Waals surface area contributed by atoms with E-state index < -0.39 is 54.1 Å². The van der Waals surface area contributed by atoms with Crippen molar-refractivity contribution in [3.8, 4) is 0 Å². The van der Waals surface area contributed by atoms with Gasteiger partial charge in [-0.15, -0.1) is 0 Å². The summed E-state index contributed by atoms with van der Waals surface area (Å²) in [7, 11) is 0. The lowest BCUT2D eigenvalue weighted by molar-refractivity contribution is -0.142. The molecule has 0 aliphatic carbocycles. The van der Waals surface area contributed by atoms with E-state index in [0.29, 0.717) is 12.2 Å². The zero-order chi connectivity index (χ0) is 20.3. The third kappa shape index (κ3) is 9.84. The van der Waals surface area contributed by atoms with Crippen molar-refractivity contribution < 1.29 is 29.1 Å². The molecule has 3 atom stereocenters. The maximum Gasteiger partial charge on any atom is 0.326 e. The number of nitrogens with one attached hydrogen (secondary N) is 2. The Morgan fingerprint density at radius 3 is 2.00 bits per heavy atom. The predicted octanol–water partition coefficient (Wildman–Crippen LogP) is -2.74. The minimum Gasteiger partial charge on any atom is -0.480 e. The third-order valence-corrected chi connectivity index (χ3v) is 3.95. The van der Waals surface area contributed by atoms with Gasteiger partial charge in [0.25, 0.3) is 0 Å². The average Bonchev–Trinajstić information content (AvgIpc) is 2.54. The van der Waals surface area contributed by atoms with Gasteiger partial charge in [0, 0.05) is 6.42 Å². The molecule has 0 fully saturated rings. The maximum atomic E-state index is 12.3. The molecule has 0 aromatic carbocycles. The van der Waals surface area contributed by atoms with E-state index in [1.165, 1.54) is 11.8 Å². The van der Waals surface area contributed by atoms with Crippen LogP contribution in [0.3, 0.4) is 0 Å². The summed E-state index contributed by atoms with van der Waals surface area (Å²) < 4.78 is 0. The molecule has 0 radical (unpaired) electrons.